The fraction of sp³-hybridized carbons (Fsp3) is 1.00. The molecule has 0 bridgehead atoms. The van der Waals surface area contributed by atoms with Gasteiger partial charge in [0.2, 0.25) is 0 Å². The molecule has 3 heteroatoms. The monoisotopic (exact) mass is 173 g/mol. The lowest BCUT2D eigenvalue weighted by molar-refractivity contribution is 0.113. The summed E-state index contributed by atoms with van der Waals surface area (Å²) < 4.78 is 4.94. The average Bonchev–Trinajstić information content (AvgIpc) is 2.09. The molecular weight excluding hydrogens is 154 g/mol. The maximum Gasteiger partial charge on any atom is 0.0587 e. The maximum atomic E-state index is 9.25. The summed E-state index contributed by atoms with van der Waals surface area (Å²) in [6, 6.07) is 0.601. The van der Waals surface area contributed by atoms with E-state index in [4.69, 9.17) is 4.74 Å². The number of hydrogen-bond donors (Lipinski definition) is 2. The van der Waals surface area contributed by atoms with Crippen molar-refractivity contribution < 1.29 is 9.84 Å². The van der Waals surface area contributed by atoms with Gasteiger partial charge in [-0.1, -0.05) is 0 Å². The third kappa shape index (κ3) is 3.52. The second-order valence-corrected chi connectivity index (χ2v) is 3.45. The van der Waals surface area contributed by atoms with E-state index in [9.17, 15) is 5.11 Å². The number of hydrogen-bond acceptors (Lipinski definition) is 3. The average molecular weight is 173 g/mol. The second kappa shape index (κ2) is 5.51. The first-order valence-corrected chi connectivity index (χ1v) is 4.73. The van der Waals surface area contributed by atoms with Crippen LogP contribution in [0.4, 0.5) is 0 Å². The van der Waals surface area contributed by atoms with E-state index in [-0.39, 0.29) is 6.10 Å². The lowest BCUT2D eigenvalue weighted by Gasteiger charge is -2.26. The minimum atomic E-state index is -0.0505. The van der Waals surface area contributed by atoms with E-state index in [1.807, 2.05) is 0 Å². The van der Waals surface area contributed by atoms with Crippen LogP contribution in [0.15, 0.2) is 0 Å². The molecule has 0 radical (unpaired) electrons. The highest BCUT2D eigenvalue weighted by Gasteiger charge is 2.17. The van der Waals surface area contributed by atoms with Gasteiger partial charge in [0, 0.05) is 19.7 Å². The van der Waals surface area contributed by atoms with Crippen molar-refractivity contribution in [3.8, 4) is 0 Å². The standard InChI is InChI=1S/C9H19NO2/c1-12-7-6-10-8-2-4-9(11)5-3-8/h8-11H,2-7H2,1H3. The minimum Gasteiger partial charge on any atom is -0.393 e. The maximum absolute atomic E-state index is 9.25. The van der Waals surface area contributed by atoms with Crippen LogP contribution in [0, 0.1) is 0 Å². The van der Waals surface area contributed by atoms with E-state index in [1.54, 1.807) is 7.11 Å². The SMILES string of the molecule is COCCNC1CCC(O)CC1. The molecule has 0 unspecified atom stereocenters. The highest BCUT2D eigenvalue weighted by Crippen LogP contribution is 2.17. The Morgan fingerprint density at radius 3 is 2.58 bits per heavy atom. The number of ether oxygens (including phenoxy) is 1. The highest BCUT2D eigenvalue weighted by molar-refractivity contribution is 4.76. The van der Waals surface area contributed by atoms with Gasteiger partial charge in [0.1, 0.15) is 0 Å². The van der Waals surface area contributed by atoms with E-state index in [0.29, 0.717) is 6.04 Å². The number of methoxy groups -OCH3 is 1. The Labute approximate surface area is 74.1 Å². The molecule has 0 aromatic heterocycles. The third-order valence-corrected chi connectivity index (χ3v) is 2.44. The Balaban J connectivity index is 2.01. The van der Waals surface area contributed by atoms with Crippen LogP contribution in [-0.2, 0) is 4.74 Å². The van der Waals surface area contributed by atoms with E-state index in [2.05, 4.69) is 5.32 Å². The van der Waals surface area contributed by atoms with Gasteiger partial charge in [-0.05, 0) is 25.7 Å². The van der Waals surface area contributed by atoms with Crippen LogP contribution < -0.4 is 5.32 Å². The predicted molar refractivity (Wildman–Crippen MR) is 48.1 cm³/mol. The van der Waals surface area contributed by atoms with Crippen molar-refractivity contribution in [2.45, 2.75) is 37.8 Å². The molecule has 0 atom stereocenters. The van der Waals surface area contributed by atoms with Crippen LogP contribution in [0.2, 0.25) is 0 Å². The van der Waals surface area contributed by atoms with Gasteiger partial charge in [-0.2, -0.15) is 0 Å². The molecule has 1 aliphatic rings. The van der Waals surface area contributed by atoms with Crippen LogP contribution >= 0.6 is 0 Å². The molecule has 0 saturated heterocycles. The zero-order valence-corrected chi connectivity index (χ0v) is 7.75. The van der Waals surface area contributed by atoms with Crippen LogP contribution in [0.3, 0.4) is 0 Å². The van der Waals surface area contributed by atoms with Gasteiger partial charge in [0.15, 0.2) is 0 Å². The fourth-order valence-electron chi connectivity index (χ4n) is 1.65. The largest absolute Gasteiger partial charge is 0.393 e. The van der Waals surface area contributed by atoms with Crippen molar-refractivity contribution in [2.75, 3.05) is 20.3 Å². The van der Waals surface area contributed by atoms with Crippen molar-refractivity contribution in [2.24, 2.45) is 0 Å². The third-order valence-electron chi connectivity index (χ3n) is 2.44. The van der Waals surface area contributed by atoms with Gasteiger partial charge in [-0.3, -0.25) is 0 Å². The first kappa shape index (κ1) is 9.96. The summed E-state index contributed by atoms with van der Waals surface area (Å²) in [5.41, 5.74) is 0. The van der Waals surface area contributed by atoms with Gasteiger partial charge in [0.25, 0.3) is 0 Å². The van der Waals surface area contributed by atoms with Crippen LogP contribution in [0.5, 0.6) is 0 Å². The van der Waals surface area contributed by atoms with Gasteiger partial charge in [0.05, 0.1) is 12.7 Å². The molecule has 1 fully saturated rings. The second-order valence-electron chi connectivity index (χ2n) is 3.45. The first-order valence-electron chi connectivity index (χ1n) is 4.73. The topological polar surface area (TPSA) is 41.5 Å². The van der Waals surface area contributed by atoms with Crippen molar-refractivity contribution in [3.05, 3.63) is 0 Å². The Bertz CT molecular complexity index is 111. The zero-order chi connectivity index (χ0) is 8.81. The molecule has 0 heterocycles. The van der Waals surface area contributed by atoms with E-state index in [1.165, 1.54) is 0 Å². The lowest BCUT2D eigenvalue weighted by atomic mass is 9.93. The molecule has 1 saturated carbocycles. The van der Waals surface area contributed by atoms with Crippen molar-refractivity contribution in [1.29, 1.82) is 0 Å². The molecular formula is C9H19NO2. The fourth-order valence-corrected chi connectivity index (χ4v) is 1.65. The van der Waals surface area contributed by atoms with Crippen LogP contribution in [-0.4, -0.2) is 37.5 Å². The molecule has 0 amide bonds. The Morgan fingerprint density at radius 1 is 1.33 bits per heavy atom. The van der Waals surface area contributed by atoms with Crippen molar-refractivity contribution in [3.63, 3.8) is 0 Å². The molecule has 12 heavy (non-hydrogen) atoms. The predicted octanol–water partition coefficient (Wildman–Crippen LogP) is 0.526. The minimum absolute atomic E-state index is 0.0505. The summed E-state index contributed by atoms with van der Waals surface area (Å²) in [5, 5.41) is 12.7. The summed E-state index contributed by atoms with van der Waals surface area (Å²) in [4.78, 5) is 0. The van der Waals surface area contributed by atoms with Gasteiger partial charge >= 0.3 is 0 Å². The number of aliphatic hydroxyl groups is 1. The molecule has 1 rings (SSSR count). The van der Waals surface area contributed by atoms with Gasteiger partial charge < -0.3 is 15.2 Å². The highest BCUT2D eigenvalue weighted by atomic mass is 16.5. The molecule has 1 aliphatic carbocycles. The molecule has 0 aliphatic heterocycles. The summed E-state index contributed by atoms with van der Waals surface area (Å²) in [5.74, 6) is 0. The van der Waals surface area contributed by atoms with Crippen LogP contribution in [0.25, 0.3) is 0 Å². The van der Waals surface area contributed by atoms with E-state index >= 15 is 0 Å². The number of nitrogens with one attached hydrogen (secondary N) is 1. The first-order chi connectivity index (χ1) is 5.83. The molecule has 0 aromatic carbocycles. The Morgan fingerprint density at radius 2 is 2.00 bits per heavy atom. The quantitative estimate of drug-likeness (QED) is 0.609. The molecule has 3 nitrogen and oxygen atoms in total. The smallest absolute Gasteiger partial charge is 0.0587 e. The van der Waals surface area contributed by atoms with E-state index in [0.717, 1.165) is 38.8 Å². The molecule has 0 aromatic rings. The Hall–Kier alpha value is -0.120. The van der Waals surface area contributed by atoms with Crippen LogP contribution in [0.1, 0.15) is 25.7 Å². The van der Waals surface area contributed by atoms with Gasteiger partial charge in [-0.15, -0.1) is 0 Å². The number of aliphatic hydroxyl groups excluding tert-OH is 1. The summed E-state index contributed by atoms with van der Waals surface area (Å²) >= 11 is 0. The van der Waals surface area contributed by atoms with Crippen molar-refractivity contribution in [1.82, 2.24) is 5.32 Å². The summed E-state index contributed by atoms with van der Waals surface area (Å²) in [7, 11) is 1.71. The van der Waals surface area contributed by atoms with Gasteiger partial charge in [-0.25, -0.2) is 0 Å². The normalized spacial score (nSPS) is 30.5. The molecule has 0 spiro atoms. The van der Waals surface area contributed by atoms with Crippen molar-refractivity contribution >= 4 is 0 Å². The zero-order valence-electron chi connectivity index (χ0n) is 7.75. The molecule has 2 N–H and O–H groups in total. The van der Waals surface area contributed by atoms with E-state index < -0.39 is 0 Å². The molecule has 72 valence electrons. The lowest BCUT2D eigenvalue weighted by Crippen LogP contribution is -2.36. The Kier molecular flexibility index (Phi) is 4.58. The summed E-state index contributed by atoms with van der Waals surface area (Å²) in [6.07, 6.45) is 4.05. The number of rotatable bonds is 4. The summed E-state index contributed by atoms with van der Waals surface area (Å²) in [6.45, 7) is 1.70.